The first-order valence-electron chi connectivity index (χ1n) is 8.96. The molecule has 0 saturated carbocycles. The first-order chi connectivity index (χ1) is 15.7. The van der Waals surface area contributed by atoms with E-state index >= 15 is 0 Å². The fourth-order valence-corrected chi connectivity index (χ4v) is 3.24. The third kappa shape index (κ3) is 5.35. The SMILES string of the molecule is N#C/C(=C\c1ccc(Oc2ccc([N+](=O)[O-])cc2[N+](=O)[O-])c(Br)c1)c1ccc([N+](=O)[O-])cc1. The van der Waals surface area contributed by atoms with Gasteiger partial charge in [-0.3, -0.25) is 30.3 Å². The van der Waals surface area contributed by atoms with E-state index in [0.29, 0.717) is 15.6 Å². The normalized spacial score (nSPS) is 10.8. The molecule has 0 N–H and O–H groups in total. The number of ether oxygens (including phenoxy) is 1. The number of halogens is 1. The number of nitrogens with zero attached hydrogens (tertiary/aromatic N) is 4. The highest BCUT2D eigenvalue weighted by Gasteiger charge is 2.21. The molecule has 11 nitrogen and oxygen atoms in total. The van der Waals surface area contributed by atoms with Crippen molar-refractivity contribution >= 4 is 44.6 Å². The Kier molecular flexibility index (Phi) is 6.75. The highest BCUT2D eigenvalue weighted by Crippen LogP contribution is 2.37. The largest absolute Gasteiger partial charge is 0.449 e. The van der Waals surface area contributed by atoms with Gasteiger partial charge in [0.15, 0.2) is 0 Å². The maximum atomic E-state index is 11.3. The first kappa shape index (κ1) is 23.0. The lowest BCUT2D eigenvalue weighted by Crippen LogP contribution is -1.96. The van der Waals surface area contributed by atoms with Crippen molar-refractivity contribution in [3.63, 3.8) is 0 Å². The summed E-state index contributed by atoms with van der Waals surface area (Å²) in [6.45, 7) is 0. The van der Waals surface area contributed by atoms with Gasteiger partial charge in [-0.15, -0.1) is 0 Å². The Bertz CT molecular complexity index is 1350. The minimum Gasteiger partial charge on any atom is -0.449 e. The Morgan fingerprint density at radius 3 is 2.00 bits per heavy atom. The van der Waals surface area contributed by atoms with Crippen LogP contribution in [0, 0.1) is 41.7 Å². The molecule has 164 valence electrons. The van der Waals surface area contributed by atoms with Gasteiger partial charge in [0.2, 0.25) is 5.75 Å². The number of nitro benzene ring substituents is 3. The van der Waals surface area contributed by atoms with E-state index in [2.05, 4.69) is 15.9 Å². The summed E-state index contributed by atoms with van der Waals surface area (Å²) in [5.74, 6) is 0.0242. The van der Waals surface area contributed by atoms with E-state index < -0.39 is 26.1 Å². The molecular weight excluding hydrogens is 500 g/mol. The zero-order valence-corrected chi connectivity index (χ0v) is 18.0. The van der Waals surface area contributed by atoms with Crippen molar-refractivity contribution in [1.29, 1.82) is 5.26 Å². The molecule has 0 heterocycles. The molecular formula is C21H11BrN4O7. The molecule has 0 bridgehead atoms. The zero-order chi connectivity index (χ0) is 24.1. The van der Waals surface area contributed by atoms with Crippen molar-refractivity contribution in [3.05, 3.63) is 107 Å². The van der Waals surface area contributed by atoms with E-state index in [4.69, 9.17) is 4.74 Å². The van der Waals surface area contributed by atoms with Gasteiger partial charge in [-0.1, -0.05) is 6.07 Å². The molecule has 0 aliphatic carbocycles. The third-order valence-corrected chi connectivity index (χ3v) is 4.97. The summed E-state index contributed by atoms with van der Waals surface area (Å²) in [6, 6.07) is 15.3. The fourth-order valence-electron chi connectivity index (χ4n) is 2.77. The Labute approximate surface area is 193 Å². The minimum atomic E-state index is -0.781. The van der Waals surface area contributed by atoms with Gasteiger partial charge in [-0.25, -0.2) is 0 Å². The maximum Gasteiger partial charge on any atom is 0.318 e. The number of hydrogen-bond acceptors (Lipinski definition) is 8. The minimum absolute atomic E-state index is 0.0966. The molecule has 3 rings (SSSR count). The number of hydrogen-bond donors (Lipinski definition) is 0. The molecule has 0 aliphatic rings. The van der Waals surface area contributed by atoms with E-state index in [-0.39, 0.29) is 22.8 Å². The summed E-state index contributed by atoms with van der Waals surface area (Å²) in [5, 5.41) is 42.4. The summed E-state index contributed by atoms with van der Waals surface area (Å²) in [4.78, 5) is 30.9. The van der Waals surface area contributed by atoms with Gasteiger partial charge in [-0.05, 0) is 63.5 Å². The van der Waals surface area contributed by atoms with Crippen LogP contribution in [-0.2, 0) is 0 Å². The maximum absolute atomic E-state index is 11.3. The zero-order valence-electron chi connectivity index (χ0n) is 16.4. The van der Waals surface area contributed by atoms with Gasteiger partial charge >= 0.3 is 5.69 Å². The summed E-state index contributed by atoms with van der Waals surface area (Å²) in [5.41, 5.74) is 0.231. The van der Waals surface area contributed by atoms with Crippen molar-refractivity contribution < 1.29 is 19.5 Å². The number of non-ortho nitro benzene ring substituents is 2. The molecule has 0 aliphatic heterocycles. The lowest BCUT2D eigenvalue weighted by molar-refractivity contribution is -0.394. The molecule has 0 spiro atoms. The second-order valence-electron chi connectivity index (χ2n) is 6.43. The Balaban J connectivity index is 1.90. The number of nitro groups is 3. The number of rotatable bonds is 7. The van der Waals surface area contributed by atoms with Crippen LogP contribution in [0.2, 0.25) is 0 Å². The van der Waals surface area contributed by atoms with Crippen molar-refractivity contribution in [2.45, 2.75) is 0 Å². The molecule has 0 radical (unpaired) electrons. The Morgan fingerprint density at radius 2 is 1.45 bits per heavy atom. The van der Waals surface area contributed by atoms with Gasteiger partial charge in [0.25, 0.3) is 11.4 Å². The van der Waals surface area contributed by atoms with Crippen molar-refractivity contribution in [3.8, 4) is 17.6 Å². The fraction of sp³-hybridized carbons (Fsp3) is 0. The van der Waals surface area contributed by atoms with Crippen LogP contribution in [-0.4, -0.2) is 14.8 Å². The summed E-state index contributed by atoms with van der Waals surface area (Å²) in [6.07, 6.45) is 1.56. The summed E-state index contributed by atoms with van der Waals surface area (Å²) >= 11 is 3.31. The van der Waals surface area contributed by atoms with Gasteiger partial charge in [0.1, 0.15) is 5.75 Å². The first-order valence-corrected chi connectivity index (χ1v) is 9.75. The third-order valence-electron chi connectivity index (χ3n) is 4.35. The van der Waals surface area contributed by atoms with Gasteiger partial charge in [0, 0.05) is 18.2 Å². The molecule has 3 aromatic rings. The van der Waals surface area contributed by atoms with Crippen LogP contribution in [0.3, 0.4) is 0 Å². The number of allylic oxidation sites excluding steroid dienone is 1. The number of nitriles is 1. The smallest absolute Gasteiger partial charge is 0.318 e. The topological polar surface area (TPSA) is 162 Å². The predicted octanol–water partition coefficient (Wildman–Crippen LogP) is 6.03. The molecule has 33 heavy (non-hydrogen) atoms. The van der Waals surface area contributed by atoms with Crippen LogP contribution in [0.5, 0.6) is 11.5 Å². The van der Waals surface area contributed by atoms with Crippen LogP contribution < -0.4 is 4.74 Å². The van der Waals surface area contributed by atoms with E-state index in [9.17, 15) is 35.6 Å². The predicted molar refractivity (Wildman–Crippen MR) is 121 cm³/mol. The molecule has 0 fully saturated rings. The van der Waals surface area contributed by atoms with Gasteiger partial charge < -0.3 is 4.74 Å². The average Bonchev–Trinajstić information content (AvgIpc) is 2.79. The van der Waals surface area contributed by atoms with Crippen molar-refractivity contribution in [1.82, 2.24) is 0 Å². The van der Waals surface area contributed by atoms with Crippen LogP contribution >= 0.6 is 15.9 Å². The molecule has 0 unspecified atom stereocenters. The Morgan fingerprint density at radius 1 is 0.848 bits per heavy atom. The van der Waals surface area contributed by atoms with Crippen LogP contribution in [0.15, 0.2) is 65.1 Å². The monoisotopic (exact) mass is 510 g/mol. The van der Waals surface area contributed by atoms with E-state index in [1.165, 1.54) is 30.3 Å². The van der Waals surface area contributed by atoms with Crippen LogP contribution in [0.25, 0.3) is 11.6 Å². The van der Waals surface area contributed by atoms with Crippen LogP contribution in [0.1, 0.15) is 11.1 Å². The molecule has 12 heteroatoms. The molecule has 0 atom stereocenters. The van der Waals surface area contributed by atoms with Gasteiger partial charge in [0.05, 0.1) is 37.0 Å². The Hall–Kier alpha value is -4.63. The standard InChI is InChI=1S/C21H11BrN4O7/c22-18-10-13(9-15(12-23)14-2-4-16(5-3-14)24(27)28)1-7-20(18)33-21-8-6-17(25(29)30)11-19(21)26(31)32/h1-11H/b15-9+. The second-order valence-corrected chi connectivity index (χ2v) is 7.29. The number of benzene rings is 3. The molecule has 0 saturated heterocycles. The van der Waals surface area contributed by atoms with E-state index in [0.717, 1.165) is 18.2 Å². The molecule has 0 amide bonds. The van der Waals surface area contributed by atoms with E-state index in [1.807, 2.05) is 6.07 Å². The highest BCUT2D eigenvalue weighted by molar-refractivity contribution is 9.10. The summed E-state index contributed by atoms with van der Waals surface area (Å²) in [7, 11) is 0. The van der Waals surface area contributed by atoms with Crippen molar-refractivity contribution in [2.24, 2.45) is 0 Å². The quantitative estimate of drug-likeness (QED) is 0.161. The average molecular weight is 511 g/mol. The van der Waals surface area contributed by atoms with Gasteiger partial charge in [-0.2, -0.15) is 5.26 Å². The lowest BCUT2D eigenvalue weighted by Gasteiger charge is -2.09. The second kappa shape index (κ2) is 9.67. The van der Waals surface area contributed by atoms with Crippen molar-refractivity contribution in [2.75, 3.05) is 0 Å². The van der Waals surface area contributed by atoms with Crippen LogP contribution in [0.4, 0.5) is 17.1 Å². The summed E-state index contributed by atoms with van der Waals surface area (Å²) < 4.78 is 5.99. The molecule has 0 aromatic heterocycles. The van der Waals surface area contributed by atoms with E-state index in [1.54, 1.807) is 18.2 Å². The lowest BCUT2D eigenvalue weighted by atomic mass is 10.0. The highest BCUT2D eigenvalue weighted by atomic mass is 79.9. The molecule has 3 aromatic carbocycles.